The predicted octanol–water partition coefficient (Wildman–Crippen LogP) is 2.92. The maximum atomic E-state index is 13.6. The Morgan fingerprint density at radius 1 is 1.12 bits per heavy atom. The quantitative estimate of drug-likeness (QED) is 0.655. The summed E-state index contributed by atoms with van der Waals surface area (Å²) in [5.74, 6) is -0.270. The number of hydrogen-bond acceptors (Lipinski definition) is 6. The van der Waals surface area contributed by atoms with Crippen LogP contribution in [0.5, 0.6) is 0 Å². The maximum Gasteiger partial charge on any atom is 0.435 e. The van der Waals surface area contributed by atoms with E-state index in [0.717, 1.165) is 12.0 Å². The largest absolute Gasteiger partial charge is 0.435 e. The standard InChI is InChI=1S/C22H27F3N6O2/c1-3-4-19(32)29-18-13-15(7-8-27-18)14-30-9-11-31(12-10-30)17-6-5-16(21(33)26-2)28-20(17)22(23,24)25/h5-8,13H,3-4,9-12,14H2,1-2H3,(H,26,33)(H,27,29,32). The zero-order valence-corrected chi connectivity index (χ0v) is 18.6. The first kappa shape index (κ1) is 24.4. The molecule has 0 aliphatic carbocycles. The van der Waals surface area contributed by atoms with Crippen molar-refractivity contribution in [3.63, 3.8) is 0 Å². The first-order chi connectivity index (χ1) is 15.7. The predicted molar refractivity (Wildman–Crippen MR) is 118 cm³/mol. The molecule has 0 atom stereocenters. The highest BCUT2D eigenvalue weighted by Gasteiger charge is 2.38. The minimum atomic E-state index is -4.67. The Balaban J connectivity index is 1.66. The van der Waals surface area contributed by atoms with Gasteiger partial charge >= 0.3 is 6.18 Å². The monoisotopic (exact) mass is 464 g/mol. The molecule has 8 nitrogen and oxygen atoms in total. The van der Waals surface area contributed by atoms with Gasteiger partial charge in [-0.25, -0.2) is 9.97 Å². The van der Waals surface area contributed by atoms with E-state index in [4.69, 9.17) is 0 Å². The van der Waals surface area contributed by atoms with Crippen LogP contribution in [0.1, 0.15) is 41.5 Å². The number of halogens is 3. The Morgan fingerprint density at radius 3 is 2.48 bits per heavy atom. The molecule has 1 aliphatic heterocycles. The van der Waals surface area contributed by atoms with Crippen LogP contribution in [0.15, 0.2) is 30.5 Å². The number of aromatic nitrogens is 2. The molecule has 1 saturated heterocycles. The van der Waals surface area contributed by atoms with E-state index in [1.807, 2.05) is 19.1 Å². The fraction of sp³-hybridized carbons (Fsp3) is 0.455. The van der Waals surface area contributed by atoms with E-state index in [1.165, 1.54) is 19.2 Å². The molecule has 0 spiro atoms. The van der Waals surface area contributed by atoms with Crippen LogP contribution in [0.4, 0.5) is 24.7 Å². The summed E-state index contributed by atoms with van der Waals surface area (Å²) in [6, 6.07) is 6.28. The number of anilines is 2. The van der Waals surface area contributed by atoms with Crippen LogP contribution in [0.25, 0.3) is 0 Å². The Bertz CT molecular complexity index is 990. The van der Waals surface area contributed by atoms with Gasteiger partial charge in [0.25, 0.3) is 5.91 Å². The normalized spacial score (nSPS) is 14.8. The molecule has 2 aromatic heterocycles. The van der Waals surface area contributed by atoms with E-state index in [0.29, 0.717) is 45.0 Å². The molecule has 0 bridgehead atoms. The Labute approximate surface area is 190 Å². The molecule has 0 unspecified atom stereocenters. The molecule has 0 radical (unpaired) electrons. The molecule has 11 heteroatoms. The summed E-state index contributed by atoms with van der Waals surface area (Å²) in [5, 5.41) is 5.06. The summed E-state index contributed by atoms with van der Waals surface area (Å²) in [4.78, 5) is 35.0. The Hall–Kier alpha value is -3.21. The smallest absolute Gasteiger partial charge is 0.367 e. The highest BCUT2D eigenvalue weighted by Crippen LogP contribution is 2.35. The number of carbonyl (C=O) groups is 2. The van der Waals surface area contributed by atoms with Gasteiger partial charge in [-0.3, -0.25) is 14.5 Å². The summed E-state index contributed by atoms with van der Waals surface area (Å²) in [5.41, 5.74) is -0.400. The van der Waals surface area contributed by atoms with E-state index in [2.05, 4.69) is 25.5 Å². The molecule has 0 aromatic carbocycles. The van der Waals surface area contributed by atoms with Gasteiger partial charge in [0.1, 0.15) is 11.5 Å². The van der Waals surface area contributed by atoms with Gasteiger partial charge in [0.05, 0.1) is 5.69 Å². The molecule has 33 heavy (non-hydrogen) atoms. The molecule has 2 aromatic rings. The molecule has 3 heterocycles. The maximum absolute atomic E-state index is 13.6. The molecule has 1 aliphatic rings. The van der Waals surface area contributed by atoms with Gasteiger partial charge in [0.15, 0.2) is 5.69 Å². The molecule has 1 fully saturated rings. The SMILES string of the molecule is CCCC(=O)Nc1cc(CN2CCN(c3ccc(C(=O)NC)nc3C(F)(F)F)CC2)ccn1. The topological polar surface area (TPSA) is 90.5 Å². The zero-order chi connectivity index (χ0) is 24.0. The zero-order valence-electron chi connectivity index (χ0n) is 18.6. The minimum absolute atomic E-state index is 0.0281. The Morgan fingerprint density at radius 2 is 1.85 bits per heavy atom. The average Bonchev–Trinajstić information content (AvgIpc) is 2.78. The van der Waals surface area contributed by atoms with Crippen molar-refractivity contribution >= 4 is 23.3 Å². The first-order valence-electron chi connectivity index (χ1n) is 10.7. The molecular formula is C22H27F3N6O2. The highest BCUT2D eigenvalue weighted by molar-refractivity contribution is 5.92. The third-order valence-electron chi connectivity index (χ3n) is 5.29. The molecule has 2 N–H and O–H groups in total. The van der Waals surface area contributed by atoms with Crippen LogP contribution in [0.2, 0.25) is 0 Å². The second kappa shape index (κ2) is 10.6. The van der Waals surface area contributed by atoms with Gasteiger partial charge < -0.3 is 15.5 Å². The third-order valence-corrected chi connectivity index (χ3v) is 5.29. The average molecular weight is 464 g/mol. The summed E-state index contributed by atoms with van der Waals surface area (Å²) in [6.45, 7) is 4.38. The van der Waals surface area contributed by atoms with Crippen LogP contribution in [-0.2, 0) is 17.5 Å². The van der Waals surface area contributed by atoms with Gasteiger partial charge in [-0.1, -0.05) is 6.92 Å². The van der Waals surface area contributed by atoms with Crippen molar-refractivity contribution in [2.75, 3.05) is 43.4 Å². The lowest BCUT2D eigenvalue weighted by atomic mass is 10.1. The van der Waals surface area contributed by atoms with Gasteiger partial charge in [-0.05, 0) is 36.2 Å². The van der Waals surface area contributed by atoms with Crippen LogP contribution in [0.3, 0.4) is 0 Å². The molecule has 2 amide bonds. The van der Waals surface area contributed by atoms with Crippen molar-refractivity contribution in [2.24, 2.45) is 0 Å². The number of rotatable bonds is 7. The molecular weight excluding hydrogens is 437 g/mol. The minimum Gasteiger partial charge on any atom is -0.367 e. The number of carbonyl (C=O) groups excluding carboxylic acids is 2. The summed E-state index contributed by atoms with van der Waals surface area (Å²) >= 11 is 0. The van der Waals surface area contributed by atoms with E-state index in [-0.39, 0.29) is 17.3 Å². The van der Waals surface area contributed by atoms with Crippen LogP contribution >= 0.6 is 0 Å². The van der Waals surface area contributed by atoms with E-state index in [9.17, 15) is 22.8 Å². The number of nitrogens with one attached hydrogen (secondary N) is 2. The van der Waals surface area contributed by atoms with Crippen LogP contribution < -0.4 is 15.5 Å². The first-order valence-corrected chi connectivity index (χ1v) is 10.7. The van der Waals surface area contributed by atoms with Gasteiger partial charge in [0.2, 0.25) is 5.91 Å². The van der Waals surface area contributed by atoms with Crippen LogP contribution in [0, 0.1) is 0 Å². The summed E-state index contributed by atoms with van der Waals surface area (Å²) < 4.78 is 40.9. The number of piperazine rings is 1. The number of amides is 2. The van der Waals surface area contributed by atoms with Crippen molar-refractivity contribution in [3.05, 3.63) is 47.4 Å². The van der Waals surface area contributed by atoms with Crippen molar-refractivity contribution in [1.82, 2.24) is 20.2 Å². The number of alkyl halides is 3. The van der Waals surface area contributed by atoms with Gasteiger partial charge in [-0.2, -0.15) is 13.2 Å². The lowest BCUT2D eigenvalue weighted by Gasteiger charge is -2.37. The van der Waals surface area contributed by atoms with E-state index >= 15 is 0 Å². The molecule has 3 rings (SSSR count). The second-order valence-electron chi connectivity index (χ2n) is 7.75. The van der Waals surface area contributed by atoms with Crippen molar-refractivity contribution < 1.29 is 22.8 Å². The molecule has 178 valence electrons. The Kier molecular flexibility index (Phi) is 7.85. The number of hydrogen-bond donors (Lipinski definition) is 2. The van der Waals surface area contributed by atoms with Crippen molar-refractivity contribution in [3.8, 4) is 0 Å². The van der Waals surface area contributed by atoms with Crippen molar-refractivity contribution in [1.29, 1.82) is 0 Å². The fourth-order valence-electron chi connectivity index (χ4n) is 3.65. The van der Waals surface area contributed by atoms with E-state index < -0.39 is 17.8 Å². The second-order valence-corrected chi connectivity index (χ2v) is 7.75. The third kappa shape index (κ3) is 6.41. The lowest BCUT2D eigenvalue weighted by Crippen LogP contribution is -2.46. The van der Waals surface area contributed by atoms with E-state index in [1.54, 1.807) is 11.1 Å². The summed E-state index contributed by atoms with van der Waals surface area (Å²) in [7, 11) is 1.34. The lowest BCUT2D eigenvalue weighted by molar-refractivity contribution is -0.140. The van der Waals surface area contributed by atoms with Crippen LogP contribution in [-0.4, -0.2) is 59.9 Å². The fourth-order valence-corrected chi connectivity index (χ4v) is 3.65. The highest BCUT2D eigenvalue weighted by atomic mass is 19.4. The number of nitrogens with zero attached hydrogens (tertiary/aromatic N) is 4. The molecule has 0 saturated carbocycles. The number of pyridine rings is 2. The van der Waals surface area contributed by atoms with Gasteiger partial charge in [-0.15, -0.1) is 0 Å². The van der Waals surface area contributed by atoms with Crippen molar-refractivity contribution in [2.45, 2.75) is 32.5 Å². The summed E-state index contributed by atoms with van der Waals surface area (Å²) in [6.07, 6.45) is -1.88. The van der Waals surface area contributed by atoms with Gasteiger partial charge in [0, 0.05) is 52.4 Å².